The molecular weight excluding hydrogens is 260 g/mol. The molecule has 0 amide bonds. The lowest BCUT2D eigenvalue weighted by Crippen LogP contribution is -2.02. The van der Waals surface area contributed by atoms with Gasteiger partial charge in [-0.1, -0.05) is 23.9 Å². The fourth-order valence-electron chi connectivity index (χ4n) is 1.70. The highest BCUT2D eigenvalue weighted by molar-refractivity contribution is 7.99. The number of ether oxygens (including phenoxy) is 1. The molecular formula is C14H18N2O2S. The van der Waals surface area contributed by atoms with E-state index in [4.69, 9.17) is 9.84 Å². The van der Waals surface area contributed by atoms with Crippen LogP contribution in [0.15, 0.2) is 35.6 Å². The van der Waals surface area contributed by atoms with Crippen LogP contribution in [-0.2, 0) is 13.7 Å². The fraction of sp³-hybridized carbons (Fsp3) is 0.357. The molecule has 1 N–H and O–H groups in total. The largest absolute Gasteiger partial charge is 0.493 e. The number of hydrogen-bond donors (Lipinski definition) is 1. The Morgan fingerprint density at radius 2 is 2.26 bits per heavy atom. The number of aliphatic hydroxyl groups is 1. The summed E-state index contributed by atoms with van der Waals surface area (Å²) < 4.78 is 7.57. The Labute approximate surface area is 117 Å². The predicted molar refractivity (Wildman–Crippen MR) is 76.5 cm³/mol. The summed E-state index contributed by atoms with van der Waals surface area (Å²) in [7, 11) is 1.91. The van der Waals surface area contributed by atoms with Gasteiger partial charge in [-0.25, -0.2) is 4.98 Å². The average Bonchev–Trinajstić information content (AvgIpc) is 2.76. The van der Waals surface area contributed by atoms with Gasteiger partial charge in [0.05, 0.1) is 25.1 Å². The van der Waals surface area contributed by atoms with E-state index in [1.807, 2.05) is 42.8 Å². The molecule has 1 aromatic carbocycles. The van der Waals surface area contributed by atoms with Crippen LogP contribution in [0.25, 0.3) is 0 Å². The maximum absolute atomic E-state index is 9.08. The van der Waals surface area contributed by atoms with Crippen molar-refractivity contribution in [3.63, 3.8) is 0 Å². The smallest absolute Gasteiger partial charge is 0.168 e. The van der Waals surface area contributed by atoms with Crippen LogP contribution in [0.2, 0.25) is 0 Å². The minimum atomic E-state index is 0.0177. The van der Waals surface area contributed by atoms with Crippen molar-refractivity contribution < 1.29 is 9.84 Å². The Hall–Kier alpha value is -1.46. The summed E-state index contributed by atoms with van der Waals surface area (Å²) in [6, 6.07) is 8.02. The minimum absolute atomic E-state index is 0.0177. The van der Waals surface area contributed by atoms with Gasteiger partial charge < -0.3 is 14.4 Å². The van der Waals surface area contributed by atoms with E-state index < -0.39 is 0 Å². The molecule has 4 nitrogen and oxygen atoms in total. The van der Waals surface area contributed by atoms with Crippen LogP contribution in [0.3, 0.4) is 0 Å². The van der Waals surface area contributed by atoms with Crippen LogP contribution >= 0.6 is 11.8 Å². The Kier molecular flexibility index (Phi) is 4.87. The predicted octanol–water partition coefficient (Wildman–Crippen LogP) is 2.39. The lowest BCUT2D eigenvalue weighted by Gasteiger charge is -2.07. The van der Waals surface area contributed by atoms with E-state index in [2.05, 4.69) is 4.98 Å². The second kappa shape index (κ2) is 6.63. The molecule has 1 heterocycles. The van der Waals surface area contributed by atoms with Crippen molar-refractivity contribution >= 4 is 11.8 Å². The van der Waals surface area contributed by atoms with Crippen molar-refractivity contribution in [3.05, 3.63) is 41.7 Å². The van der Waals surface area contributed by atoms with Crippen LogP contribution in [0.4, 0.5) is 0 Å². The number of nitrogens with zero attached hydrogens (tertiary/aromatic N) is 2. The number of hydrogen-bond acceptors (Lipinski definition) is 4. The van der Waals surface area contributed by atoms with Crippen molar-refractivity contribution in [2.75, 3.05) is 12.4 Å². The van der Waals surface area contributed by atoms with Gasteiger partial charge in [0.2, 0.25) is 0 Å². The molecule has 1 aromatic heterocycles. The molecule has 0 radical (unpaired) electrons. The van der Waals surface area contributed by atoms with Crippen LogP contribution in [0.5, 0.6) is 5.75 Å². The van der Waals surface area contributed by atoms with E-state index in [0.717, 1.165) is 22.4 Å². The van der Waals surface area contributed by atoms with Gasteiger partial charge in [0.1, 0.15) is 5.75 Å². The average molecular weight is 278 g/mol. The quantitative estimate of drug-likeness (QED) is 0.651. The molecule has 0 aliphatic heterocycles. The second-order valence-corrected chi connectivity index (χ2v) is 5.32. The Bertz CT molecular complexity index is 540. The fourth-order valence-corrected chi connectivity index (χ4v) is 2.49. The molecule has 0 bridgehead atoms. The lowest BCUT2D eigenvalue weighted by atomic mass is 10.2. The third-order valence-electron chi connectivity index (χ3n) is 2.78. The van der Waals surface area contributed by atoms with E-state index in [1.54, 1.807) is 18.0 Å². The first-order chi connectivity index (χ1) is 9.20. The molecule has 2 aromatic rings. The second-order valence-electron chi connectivity index (χ2n) is 4.26. The van der Waals surface area contributed by atoms with Gasteiger partial charge in [0.25, 0.3) is 0 Å². The van der Waals surface area contributed by atoms with Crippen molar-refractivity contribution in [2.24, 2.45) is 7.05 Å². The molecule has 0 aliphatic carbocycles. The number of aliphatic hydroxyl groups excluding tert-OH is 1. The number of aryl methyl sites for hydroxylation is 1. The SMILES string of the molecule is Cc1cccc(OCCSc2ncc(CO)n2C)c1. The van der Waals surface area contributed by atoms with Gasteiger partial charge in [-0.3, -0.25) is 0 Å². The highest BCUT2D eigenvalue weighted by Crippen LogP contribution is 2.18. The number of rotatable bonds is 6. The number of thioether (sulfide) groups is 1. The van der Waals surface area contributed by atoms with Gasteiger partial charge in [-0.2, -0.15) is 0 Å². The zero-order chi connectivity index (χ0) is 13.7. The molecule has 102 valence electrons. The van der Waals surface area contributed by atoms with E-state index >= 15 is 0 Å². The van der Waals surface area contributed by atoms with E-state index in [0.29, 0.717) is 6.61 Å². The molecule has 0 atom stereocenters. The number of benzene rings is 1. The summed E-state index contributed by atoms with van der Waals surface area (Å²) in [6.07, 6.45) is 1.70. The normalized spacial score (nSPS) is 10.7. The van der Waals surface area contributed by atoms with Crippen LogP contribution in [0, 0.1) is 6.92 Å². The first-order valence-corrected chi connectivity index (χ1v) is 7.13. The summed E-state index contributed by atoms with van der Waals surface area (Å²) in [5.41, 5.74) is 2.02. The zero-order valence-electron chi connectivity index (χ0n) is 11.2. The maximum atomic E-state index is 9.08. The molecule has 5 heteroatoms. The standard InChI is InChI=1S/C14H18N2O2S/c1-11-4-3-5-13(8-11)18-6-7-19-14-15-9-12(10-17)16(14)2/h3-5,8-9,17H,6-7,10H2,1-2H3. The molecule has 2 rings (SSSR count). The molecule has 0 aliphatic rings. The van der Waals surface area contributed by atoms with Gasteiger partial charge in [0, 0.05) is 12.8 Å². The first-order valence-electron chi connectivity index (χ1n) is 6.14. The van der Waals surface area contributed by atoms with Gasteiger partial charge in [-0.05, 0) is 24.6 Å². The topological polar surface area (TPSA) is 47.3 Å². The Morgan fingerprint density at radius 3 is 2.95 bits per heavy atom. The van der Waals surface area contributed by atoms with Gasteiger partial charge in [0.15, 0.2) is 5.16 Å². The number of aromatic nitrogens is 2. The molecule has 0 fully saturated rings. The zero-order valence-corrected chi connectivity index (χ0v) is 12.0. The van der Waals surface area contributed by atoms with Crippen LogP contribution in [0.1, 0.15) is 11.3 Å². The van der Waals surface area contributed by atoms with Crippen molar-refractivity contribution in [3.8, 4) is 5.75 Å². The number of imidazole rings is 1. The minimum Gasteiger partial charge on any atom is -0.493 e. The summed E-state index contributed by atoms with van der Waals surface area (Å²) in [5, 5.41) is 9.98. The molecule has 0 saturated heterocycles. The third kappa shape index (κ3) is 3.75. The highest BCUT2D eigenvalue weighted by atomic mass is 32.2. The third-order valence-corrected chi connectivity index (χ3v) is 3.78. The molecule has 0 saturated carbocycles. The van der Waals surface area contributed by atoms with E-state index in [9.17, 15) is 0 Å². The summed E-state index contributed by atoms with van der Waals surface area (Å²) in [4.78, 5) is 4.26. The van der Waals surface area contributed by atoms with E-state index in [-0.39, 0.29) is 6.61 Å². The van der Waals surface area contributed by atoms with E-state index in [1.165, 1.54) is 5.56 Å². The first kappa shape index (κ1) is 14.0. The van der Waals surface area contributed by atoms with Crippen molar-refractivity contribution in [1.29, 1.82) is 0 Å². The molecule has 0 spiro atoms. The maximum Gasteiger partial charge on any atom is 0.168 e. The van der Waals surface area contributed by atoms with Crippen molar-refractivity contribution in [2.45, 2.75) is 18.7 Å². The summed E-state index contributed by atoms with van der Waals surface area (Å²) in [5.74, 6) is 1.72. The Morgan fingerprint density at radius 1 is 1.42 bits per heavy atom. The van der Waals surface area contributed by atoms with Crippen LogP contribution < -0.4 is 4.74 Å². The summed E-state index contributed by atoms with van der Waals surface area (Å²) in [6.45, 7) is 2.70. The summed E-state index contributed by atoms with van der Waals surface area (Å²) >= 11 is 1.62. The van der Waals surface area contributed by atoms with Crippen molar-refractivity contribution in [1.82, 2.24) is 9.55 Å². The molecule has 0 unspecified atom stereocenters. The molecule has 19 heavy (non-hydrogen) atoms. The van der Waals surface area contributed by atoms with Gasteiger partial charge >= 0.3 is 0 Å². The highest BCUT2D eigenvalue weighted by Gasteiger charge is 2.05. The Balaban J connectivity index is 1.79. The van der Waals surface area contributed by atoms with Crippen LogP contribution in [-0.4, -0.2) is 27.0 Å². The van der Waals surface area contributed by atoms with Gasteiger partial charge in [-0.15, -0.1) is 0 Å². The monoisotopic (exact) mass is 278 g/mol. The lowest BCUT2D eigenvalue weighted by molar-refractivity contribution is 0.271.